The summed E-state index contributed by atoms with van der Waals surface area (Å²) in [5, 5.41) is 2.63. The number of carbonyl (C=O) groups is 2. The highest BCUT2D eigenvalue weighted by Crippen LogP contribution is 2.17. The fourth-order valence-corrected chi connectivity index (χ4v) is 3.99. The summed E-state index contributed by atoms with van der Waals surface area (Å²) in [4.78, 5) is 25.2. The first-order valence-corrected chi connectivity index (χ1v) is 11.8. The molecule has 0 spiro atoms. The lowest BCUT2D eigenvalue weighted by Gasteiger charge is -2.09. The number of carbonyl (C=O) groups excluding carboxylic acids is 2. The number of hydrogen-bond donors (Lipinski definition) is 2. The van der Waals surface area contributed by atoms with Crippen LogP contribution < -0.4 is 10.0 Å². The molecule has 0 bridgehead atoms. The lowest BCUT2D eigenvalue weighted by molar-refractivity contribution is -0.119. The standard InChI is InChI=1S/C21H20N2O6S2/c1-30-18-9-7-16(8-10-18)23-20(24)14-29-21(25)15-4-2-6-19(12-15)31(26,27)22-13-17-5-3-11-28-17/h2-12,22H,13-14H2,1H3,(H,23,24). The molecule has 1 aromatic heterocycles. The number of rotatable bonds is 9. The van der Waals surface area contributed by atoms with Gasteiger partial charge in [0.05, 0.1) is 23.3 Å². The number of hydrogen-bond acceptors (Lipinski definition) is 7. The van der Waals surface area contributed by atoms with Gasteiger partial charge < -0.3 is 14.5 Å². The lowest BCUT2D eigenvalue weighted by atomic mass is 10.2. The summed E-state index contributed by atoms with van der Waals surface area (Å²) in [7, 11) is -3.87. The highest BCUT2D eigenvalue weighted by molar-refractivity contribution is 7.98. The van der Waals surface area contributed by atoms with Crippen LogP contribution in [-0.2, 0) is 26.1 Å². The van der Waals surface area contributed by atoms with Gasteiger partial charge in [-0.1, -0.05) is 6.07 Å². The monoisotopic (exact) mass is 460 g/mol. The minimum atomic E-state index is -3.87. The minimum absolute atomic E-state index is 0.0120. The zero-order chi connectivity index (χ0) is 22.3. The van der Waals surface area contributed by atoms with Crippen LogP contribution >= 0.6 is 11.8 Å². The molecule has 8 nitrogen and oxygen atoms in total. The van der Waals surface area contributed by atoms with E-state index < -0.39 is 28.5 Å². The van der Waals surface area contributed by atoms with Gasteiger partial charge in [0.1, 0.15) is 5.76 Å². The first-order chi connectivity index (χ1) is 14.9. The lowest BCUT2D eigenvalue weighted by Crippen LogP contribution is -2.24. The number of esters is 1. The Balaban J connectivity index is 1.57. The fourth-order valence-electron chi connectivity index (χ4n) is 2.54. The predicted octanol–water partition coefficient (Wildman–Crippen LogP) is 3.28. The van der Waals surface area contributed by atoms with Crippen LogP contribution in [0.5, 0.6) is 0 Å². The van der Waals surface area contributed by atoms with Gasteiger partial charge in [0.15, 0.2) is 6.61 Å². The maximum Gasteiger partial charge on any atom is 0.338 e. The summed E-state index contributed by atoms with van der Waals surface area (Å²) in [5.41, 5.74) is 0.590. The Morgan fingerprint density at radius 1 is 1.06 bits per heavy atom. The Hall–Kier alpha value is -3.08. The van der Waals surface area contributed by atoms with E-state index in [1.807, 2.05) is 18.4 Å². The van der Waals surface area contributed by atoms with Crippen molar-refractivity contribution in [1.29, 1.82) is 0 Å². The van der Waals surface area contributed by atoms with Gasteiger partial charge in [0.25, 0.3) is 5.91 Å². The van der Waals surface area contributed by atoms with E-state index in [1.54, 1.807) is 36.0 Å². The van der Waals surface area contributed by atoms with Crippen LogP contribution in [0.1, 0.15) is 16.1 Å². The van der Waals surface area contributed by atoms with Crippen molar-refractivity contribution >= 4 is 39.3 Å². The molecule has 0 unspecified atom stereocenters. The van der Waals surface area contributed by atoms with Crippen LogP contribution in [0, 0.1) is 0 Å². The smallest absolute Gasteiger partial charge is 0.338 e. The summed E-state index contributed by atoms with van der Waals surface area (Å²) >= 11 is 1.58. The van der Waals surface area contributed by atoms with E-state index in [9.17, 15) is 18.0 Å². The molecule has 2 N–H and O–H groups in total. The van der Waals surface area contributed by atoms with Crippen LogP contribution in [0.2, 0.25) is 0 Å². The molecule has 1 amide bonds. The highest BCUT2D eigenvalue weighted by Gasteiger charge is 2.18. The molecule has 1 heterocycles. The van der Waals surface area contributed by atoms with E-state index in [4.69, 9.17) is 9.15 Å². The molecule has 0 atom stereocenters. The Labute approximate surface area is 184 Å². The highest BCUT2D eigenvalue weighted by atomic mass is 32.2. The van der Waals surface area contributed by atoms with E-state index in [0.717, 1.165) is 4.90 Å². The number of anilines is 1. The van der Waals surface area contributed by atoms with Crippen molar-refractivity contribution in [2.24, 2.45) is 0 Å². The topological polar surface area (TPSA) is 115 Å². The molecule has 0 saturated carbocycles. The van der Waals surface area contributed by atoms with Crippen LogP contribution in [-0.4, -0.2) is 33.2 Å². The molecular weight excluding hydrogens is 440 g/mol. The second-order valence-electron chi connectivity index (χ2n) is 6.28. The molecule has 0 aliphatic rings. The number of amides is 1. The average Bonchev–Trinajstić information content (AvgIpc) is 3.30. The van der Waals surface area contributed by atoms with Gasteiger partial charge in [-0.05, 0) is 60.9 Å². The summed E-state index contributed by atoms with van der Waals surface area (Å²) in [6, 6.07) is 15.9. The van der Waals surface area contributed by atoms with Crippen molar-refractivity contribution in [3.63, 3.8) is 0 Å². The van der Waals surface area contributed by atoms with E-state index in [1.165, 1.54) is 30.5 Å². The zero-order valence-electron chi connectivity index (χ0n) is 16.5. The normalized spacial score (nSPS) is 11.1. The van der Waals surface area contributed by atoms with E-state index >= 15 is 0 Å². The predicted molar refractivity (Wildman–Crippen MR) is 116 cm³/mol. The molecule has 3 aromatic rings. The second kappa shape index (κ2) is 10.3. The summed E-state index contributed by atoms with van der Waals surface area (Å²) in [6.07, 6.45) is 3.39. The molecule has 10 heteroatoms. The number of thioether (sulfide) groups is 1. The molecule has 0 radical (unpaired) electrons. The number of nitrogens with one attached hydrogen (secondary N) is 2. The average molecular weight is 461 g/mol. The van der Waals surface area contributed by atoms with Crippen molar-refractivity contribution < 1.29 is 27.2 Å². The Kier molecular flexibility index (Phi) is 7.50. The second-order valence-corrected chi connectivity index (χ2v) is 8.93. The summed E-state index contributed by atoms with van der Waals surface area (Å²) in [5.74, 6) is -0.863. The first kappa shape index (κ1) is 22.6. The van der Waals surface area contributed by atoms with E-state index in [0.29, 0.717) is 11.4 Å². The maximum absolute atomic E-state index is 12.4. The third kappa shape index (κ3) is 6.45. The van der Waals surface area contributed by atoms with Crippen molar-refractivity contribution in [2.75, 3.05) is 18.2 Å². The quantitative estimate of drug-likeness (QED) is 0.372. The third-order valence-corrected chi connectivity index (χ3v) is 6.25. The zero-order valence-corrected chi connectivity index (χ0v) is 18.2. The molecule has 0 aliphatic carbocycles. The van der Waals surface area contributed by atoms with Crippen molar-refractivity contribution in [1.82, 2.24) is 4.72 Å². The number of benzene rings is 2. The van der Waals surface area contributed by atoms with Gasteiger partial charge in [0, 0.05) is 10.6 Å². The van der Waals surface area contributed by atoms with Crippen LogP contribution in [0.25, 0.3) is 0 Å². The molecule has 3 rings (SSSR count). The van der Waals surface area contributed by atoms with Crippen molar-refractivity contribution in [3.05, 3.63) is 78.3 Å². The Morgan fingerprint density at radius 2 is 1.84 bits per heavy atom. The van der Waals surface area contributed by atoms with E-state index in [2.05, 4.69) is 10.0 Å². The molecule has 2 aromatic carbocycles. The van der Waals surface area contributed by atoms with Crippen LogP contribution in [0.3, 0.4) is 0 Å². The van der Waals surface area contributed by atoms with Gasteiger partial charge in [-0.25, -0.2) is 17.9 Å². The van der Waals surface area contributed by atoms with Gasteiger partial charge >= 0.3 is 5.97 Å². The molecule has 0 fully saturated rings. The molecule has 31 heavy (non-hydrogen) atoms. The van der Waals surface area contributed by atoms with Gasteiger partial charge in [-0.15, -0.1) is 11.8 Å². The minimum Gasteiger partial charge on any atom is -0.468 e. The Morgan fingerprint density at radius 3 is 2.52 bits per heavy atom. The fraction of sp³-hybridized carbons (Fsp3) is 0.143. The van der Waals surface area contributed by atoms with Crippen molar-refractivity contribution in [2.45, 2.75) is 16.3 Å². The largest absolute Gasteiger partial charge is 0.468 e. The molecule has 0 saturated heterocycles. The van der Waals surface area contributed by atoms with Crippen LogP contribution in [0.15, 0.2) is 81.1 Å². The molecule has 162 valence electrons. The maximum atomic E-state index is 12.4. The summed E-state index contributed by atoms with van der Waals surface area (Å²) < 4.78 is 37.4. The van der Waals surface area contributed by atoms with Crippen molar-refractivity contribution in [3.8, 4) is 0 Å². The third-order valence-electron chi connectivity index (χ3n) is 4.10. The van der Waals surface area contributed by atoms with Gasteiger partial charge in [-0.2, -0.15) is 0 Å². The number of ether oxygens (including phenoxy) is 1. The SMILES string of the molecule is CSc1ccc(NC(=O)COC(=O)c2cccc(S(=O)(=O)NCc3ccco3)c2)cc1. The first-order valence-electron chi connectivity index (χ1n) is 9.10. The van der Waals surface area contributed by atoms with Gasteiger partial charge in [0.2, 0.25) is 10.0 Å². The van der Waals surface area contributed by atoms with Gasteiger partial charge in [-0.3, -0.25) is 4.79 Å². The summed E-state index contributed by atoms with van der Waals surface area (Å²) in [6.45, 7) is -0.529. The molecule has 0 aliphatic heterocycles. The number of sulfonamides is 1. The molecular formula is C21H20N2O6S2. The number of furan rings is 1. The van der Waals surface area contributed by atoms with E-state index in [-0.39, 0.29) is 17.0 Å². The van der Waals surface area contributed by atoms with Crippen LogP contribution in [0.4, 0.5) is 5.69 Å². The Bertz CT molecular complexity index is 1140.